The Labute approximate surface area is 85.4 Å². The summed E-state index contributed by atoms with van der Waals surface area (Å²) in [5.41, 5.74) is 0.206. The van der Waals surface area contributed by atoms with E-state index in [1.807, 2.05) is 6.92 Å². The minimum Gasteiger partial charge on any atom is -0.383 e. The van der Waals surface area contributed by atoms with Crippen LogP contribution >= 0.6 is 0 Å². The maximum absolute atomic E-state index is 11.5. The van der Waals surface area contributed by atoms with Gasteiger partial charge in [0.25, 0.3) is 0 Å². The number of carbonyl (C=O) groups is 1. The lowest BCUT2D eigenvalue weighted by atomic mass is 10.2. The standard InChI is InChI=1S/C10H20N2O2/c1-8(12-10(2)4-5-10)9(13)11-6-7-14-3/h8,12H,4-7H2,1-3H3,(H,11,13). The largest absolute Gasteiger partial charge is 0.383 e. The van der Waals surface area contributed by atoms with Crippen molar-refractivity contribution in [1.29, 1.82) is 0 Å². The molecule has 82 valence electrons. The van der Waals surface area contributed by atoms with Crippen molar-refractivity contribution in [3.63, 3.8) is 0 Å². The molecule has 0 radical (unpaired) electrons. The van der Waals surface area contributed by atoms with Crippen molar-refractivity contribution >= 4 is 5.91 Å². The number of amides is 1. The number of rotatable bonds is 6. The summed E-state index contributed by atoms with van der Waals surface area (Å²) in [4.78, 5) is 11.5. The Morgan fingerprint density at radius 2 is 2.21 bits per heavy atom. The van der Waals surface area contributed by atoms with Crippen LogP contribution in [0.25, 0.3) is 0 Å². The average Bonchev–Trinajstić information content (AvgIpc) is 2.83. The van der Waals surface area contributed by atoms with Gasteiger partial charge in [-0.25, -0.2) is 0 Å². The molecule has 4 heteroatoms. The Bertz CT molecular complexity index is 202. The quantitative estimate of drug-likeness (QED) is 0.605. The number of carbonyl (C=O) groups excluding carboxylic acids is 1. The van der Waals surface area contributed by atoms with Crippen molar-refractivity contribution < 1.29 is 9.53 Å². The summed E-state index contributed by atoms with van der Waals surface area (Å²) < 4.78 is 4.85. The molecule has 14 heavy (non-hydrogen) atoms. The number of nitrogens with one attached hydrogen (secondary N) is 2. The smallest absolute Gasteiger partial charge is 0.236 e. The van der Waals surface area contributed by atoms with E-state index in [-0.39, 0.29) is 17.5 Å². The predicted octanol–water partition coefficient (Wildman–Crippen LogP) is 0.280. The molecule has 0 heterocycles. The summed E-state index contributed by atoms with van der Waals surface area (Å²) in [5, 5.41) is 6.11. The predicted molar refractivity (Wildman–Crippen MR) is 55.1 cm³/mol. The molecule has 4 nitrogen and oxygen atoms in total. The highest BCUT2D eigenvalue weighted by Gasteiger charge is 2.38. The van der Waals surface area contributed by atoms with Gasteiger partial charge < -0.3 is 15.4 Å². The van der Waals surface area contributed by atoms with Crippen molar-refractivity contribution in [3.05, 3.63) is 0 Å². The summed E-state index contributed by atoms with van der Waals surface area (Å²) in [6, 6.07) is -0.112. The van der Waals surface area contributed by atoms with Gasteiger partial charge in [-0.2, -0.15) is 0 Å². The summed E-state index contributed by atoms with van der Waals surface area (Å²) in [5.74, 6) is 0.0511. The van der Waals surface area contributed by atoms with E-state index in [4.69, 9.17) is 4.74 Å². The zero-order chi connectivity index (χ0) is 10.6. The molecule has 0 aromatic carbocycles. The Balaban J connectivity index is 2.15. The minimum atomic E-state index is -0.112. The van der Waals surface area contributed by atoms with Crippen LogP contribution in [0.1, 0.15) is 26.7 Å². The first-order valence-electron chi connectivity index (χ1n) is 5.12. The molecule has 0 spiro atoms. The lowest BCUT2D eigenvalue weighted by Crippen LogP contribution is -2.47. The second kappa shape index (κ2) is 4.75. The van der Waals surface area contributed by atoms with E-state index in [0.29, 0.717) is 13.2 Å². The van der Waals surface area contributed by atoms with E-state index in [2.05, 4.69) is 17.6 Å². The summed E-state index contributed by atoms with van der Waals surface area (Å²) >= 11 is 0. The van der Waals surface area contributed by atoms with E-state index in [0.717, 1.165) is 0 Å². The zero-order valence-electron chi connectivity index (χ0n) is 9.22. The molecule has 0 saturated heterocycles. The summed E-state index contributed by atoms with van der Waals surface area (Å²) in [6.07, 6.45) is 2.34. The van der Waals surface area contributed by atoms with Gasteiger partial charge in [0.15, 0.2) is 0 Å². The van der Waals surface area contributed by atoms with Crippen LogP contribution in [0.2, 0.25) is 0 Å². The summed E-state index contributed by atoms with van der Waals surface area (Å²) in [6.45, 7) is 5.19. The third kappa shape index (κ3) is 3.64. The van der Waals surface area contributed by atoms with Gasteiger partial charge in [-0.15, -0.1) is 0 Å². The van der Waals surface area contributed by atoms with Crippen LogP contribution in [-0.4, -0.2) is 37.7 Å². The second-order valence-corrected chi connectivity index (χ2v) is 4.21. The average molecular weight is 200 g/mol. The van der Waals surface area contributed by atoms with Crippen LogP contribution in [0.15, 0.2) is 0 Å². The van der Waals surface area contributed by atoms with E-state index < -0.39 is 0 Å². The SMILES string of the molecule is COCCNC(=O)C(C)NC1(C)CC1. The third-order valence-electron chi connectivity index (χ3n) is 2.56. The molecule has 2 N–H and O–H groups in total. The molecule has 1 rings (SSSR count). The molecule has 1 fully saturated rings. The molecule has 1 aliphatic rings. The van der Waals surface area contributed by atoms with Crippen molar-refractivity contribution in [3.8, 4) is 0 Å². The molecule has 0 aromatic rings. The van der Waals surface area contributed by atoms with Crippen molar-refractivity contribution in [1.82, 2.24) is 10.6 Å². The Morgan fingerprint density at radius 1 is 1.57 bits per heavy atom. The van der Waals surface area contributed by atoms with E-state index in [1.54, 1.807) is 7.11 Å². The highest BCUT2D eigenvalue weighted by molar-refractivity contribution is 5.81. The van der Waals surface area contributed by atoms with Crippen LogP contribution in [0.3, 0.4) is 0 Å². The van der Waals surface area contributed by atoms with Gasteiger partial charge in [-0.3, -0.25) is 4.79 Å². The molecule has 0 bridgehead atoms. The second-order valence-electron chi connectivity index (χ2n) is 4.21. The first-order valence-corrected chi connectivity index (χ1v) is 5.12. The number of methoxy groups -OCH3 is 1. The Morgan fingerprint density at radius 3 is 2.71 bits per heavy atom. The molecule has 0 aromatic heterocycles. The molecule has 1 atom stereocenters. The topological polar surface area (TPSA) is 50.4 Å². The number of hydrogen-bond donors (Lipinski definition) is 2. The van der Waals surface area contributed by atoms with Crippen LogP contribution in [0.5, 0.6) is 0 Å². The van der Waals surface area contributed by atoms with Gasteiger partial charge in [0.2, 0.25) is 5.91 Å². The maximum atomic E-state index is 11.5. The van der Waals surface area contributed by atoms with Gasteiger partial charge in [0, 0.05) is 19.2 Å². The molecular formula is C10H20N2O2. The van der Waals surface area contributed by atoms with Crippen LogP contribution in [-0.2, 0) is 9.53 Å². The number of ether oxygens (including phenoxy) is 1. The van der Waals surface area contributed by atoms with Crippen molar-refractivity contribution in [2.75, 3.05) is 20.3 Å². The fourth-order valence-electron chi connectivity index (χ4n) is 1.35. The van der Waals surface area contributed by atoms with Gasteiger partial charge in [-0.1, -0.05) is 0 Å². The molecule has 0 aliphatic heterocycles. The van der Waals surface area contributed by atoms with Crippen LogP contribution < -0.4 is 10.6 Å². The normalized spacial score (nSPS) is 20.2. The minimum absolute atomic E-state index is 0.0511. The highest BCUT2D eigenvalue weighted by Crippen LogP contribution is 2.34. The summed E-state index contributed by atoms with van der Waals surface area (Å²) in [7, 11) is 1.62. The lowest BCUT2D eigenvalue weighted by molar-refractivity contribution is -0.123. The molecule has 1 saturated carbocycles. The fourth-order valence-corrected chi connectivity index (χ4v) is 1.35. The highest BCUT2D eigenvalue weighted by atomic mass is 16.5. The lowest BCUT2D eigenvalue weighted by Gasteiger charge is -2.18. The molecular weight excluding hydrogens is 180 g/mol. The van der Waals surface area contributed by atoms with E-state index in [9.17, 15) is 4.79 Å². The Kier molecular flexibility index (Phi) is 3.89. The van der Waals surface area contributed by atoms with Gasteiger partial charge >= 0.3 is 0 Å². The Hall–Kier alpha value is -0.610. The molecule has 1 unspecified atom stereocenters. The molecule has 1 aliphatic carbocycles. The number of hydrogen-bond acceptors (Lipinski definition) is 3. The van der Waals surface area contributed by atoms with E-state index >= 15 is 0 Å². The van der Waals surface area contributed by atoms with Gasteiger partial charge in [0.05, 0.1) is 12.6 Å². The van der Waals surface area contributed by atoms with Crippen molar-refractivity contribution in [2.45, 2.75) is 38.3 Å². The monoisotopic (exact) mass is 200 g/mol. The third-order valence-corrected chi connectivity index (χ3v) is 2.56. The fraction of sp³-hybridized carbons (Fsp3) is 0.900. The first-order chi connectivity index (χ1) is 6.57. The van der Waals surface area contributed by atoms with Gasteiger partial charge in [-0.05, 0) is 26.7 Å². The van der Waals surface area contributed by atoms with Crippen LogP contribution in [0, 0.1) is 0 Å². The van der Waals surface area contributed by atoms with Gasteiger partial charge in [0.1, 0.15) is 0 Å². The maximum Gasteiger partial charge on any atom is 0.236 e. The first kappa shape index (κ1) is 11.5. The molecule has 1 amide bonds. The van der Waals surface area contributed by atoms with E-state index in [1.165, 1.54) is 12.8 Å². The zero-order valence-corrected chi connectivity index (χ0v) is 9.22. The van der Waals surface area contributed by atoms with Crippen molar-refractivity contribution in [2.24, 2.45) is 0 Å². The van der Waals surface area contributed by atoms with Crippen LogP contribution in [0.4, 0.5) is 0 Å².